The molecular formula is C14H21NO3. The molecule has 0 amide bonds. The van der Waals surface area contributed by atoms with E-state index in [-0.39, 0.29) is 0 Å². The lowest BCUT2D eigenvalue weighted by molar-refractivity contribution is -0.142. The number of hydrogen-bond donors (Lipinski definition) is 1. The number of nitrogens with two attached hydrogens (primary N) is 1. The Labute approximate surface area is 108 Å². The van der Waals surface area contributed by atoms with E-state index in [0.29, 0.717) is 13.0 Å². The quantitative estimate of drug-likeness (QED) is 0.752. The molecule has 0 aromatic heterocycles. The second-order valence-corrected chi connectivity index (χ2v) is 4.16. The number of methoxy groups -OCH3 is 1. The van der Waals surface area contributed by atoms with E-state index < -0.39 is 12.0 Å². The van der Waals surface area contributed by atoms with E-state index >= 15 is 0 Å². The third-order valence-corrected chi connectivity index (χ3v) is 2.66. The van der Waals surface area contributed by atoms with Crippen LogP contribution in [0.4, 0.5) is 0 Å². The van der Waals surface area contributed by atoms with Gasteiger partial charge >= 0.3 is 5.97 Å². The first-order chi connectivity index (χ1) is 8.67. The van der Waals surface area contributed by atoms with Gasteiger partial charge in [-0.3, -0.25) is 4.79 Å². The predicted molar refractivity (Wildman–Crippen MR) is 70.5 cm³/mol. The van der Waals surface area contributed by atoms with E-state index in [4.69, 9.17) is 10.5 Å². The minimum atomic E-state index is -0.616. The van der Waals surface area contributed by atoms with Crippen molar-refractivity contribution in [2.24, 2.45) is 5.73 Å². The van der Waals surface area contributed by atoms with Crippen LogP contribution in [0.5, 0.6) is 5.75 Å². The van der Waals surface area contributed by atoms with Gasteiger partial charge in [-0.1, -0.05) is 25.5 Å². The summed E-state index contributed by atoms with van der Waals surface area (Å²) in [5.41, 5.74) is 6.90. The summed E-state index contributed by atoms with van der Waals surface area (Å²) in [7, 11) is 1.33. The lowest BCUT2D eigenvalue weighted by Gasteiger charge is -2.10. The molecule has 1 rings (SSSR count). The fourth-order valence-electron chi connectivity index (χ4n) is 1.61. The molecule has 4 nitrogen and oxygen atoms in total. The van der Waals surface area contributed by atoms with Crippen LogP contribution in [-0.2, 0) is 16.0 Å². The second-order valence-electron chi connectivity index (χ2n) is 4.16. The van der Waals surface area contributed by atoms with Crippen LogP contribution in [0.3, 0.4) is 0 Å². The minimum Gasteiger partial charge on any atom is -0.494 e. The highest BCUT2D eigenvalue weighted by Gasteiger charge is 2.13. The summed E-state index contributed by atoms with van der Waals surface area (Å²) in [4.78, 5) is 11.1. The SMILES string of the molecule is CCCc1ccc(OCCC(N)C(=O)OC)cc1. The molecule has 0 saturated carbocycles. The van der Waals surface area contributed by atoms with Gasteiger partial charge in [-0.15, -0.1) is 0 Å². The molecular weight excluding hydrogens is 230 g/mol. The number of carbonyl (C=O) groups excluding carboxylic acids is 1. The molecule has 100 valence electrons. The maximum absolute atomic E-state index is 11.1. The Bertz CT molecular complexity index is 362. The van der Waals surface area contributed by atoms with E-state index in [0.717, 1.165) is 18.6 Å². The highest BCUT2D eigenvalue weighted by atomic mass is 16.5. The van der Waals surface area contributed by atoms with Crippen LogP contribution in [0, 0.1) is 0 Å². The number of esters is 1. The molecule has 0 heterocycles. The summed E-state index contributed by atoms with van der Waals surface area (Å²) in [6.45, 7) is 2.56. The number of rotatable bonds is 7. The average molecular weight is 251 g/mol. The van der Waals surface area contributed by atoms with Crippen molar-refractivity contribution < 1.29 is 14.3 Å². The summed E-state index contributed by atoms with van der Waals surface area (Å²) in [6.07, 6.45) is 2.66. The lowest BCUT2D eigenvalue weighted by atomic mass is 10.1. The van der Waals surface area contributed by atoms with Gasteiger partial charge in [-0.25, -0.2) is 0 Å². The van der Waals surface area contributed by atoms with Crippen LogP contribution in [0.25, 0.3) is 0 Å². The molecule has 1 atom stereocenters. The van der Waals surface area contributed by atoms with Gasteiger partial charge in [0.25, 0.3) is 0 Å². The number of ether oxygens (including phenoxy) is 2. The van der Waals surface area contributed by atoms with Gasteiger partial charge in [0.15, 0.2) is 0 Å². The summed E-state index contributed by atoms with van der Waals surface area (Å²) in [5.74, 6) is 0.392. The van der Waals surface area contributed by atoms with E-state index in [9.17, 15) is 4.79 Å². The van der Waals surface area contributed by atoms with Crippen molar-refractivity contribution in [1.82, 2.24) is 0 Å². The maximum atomic E-state index is 11.1. The first kappa shape index (κ1) is 14.5. The number of benzene rings is 1. The smallest absolute Gasteiger partial charge is 0.322 e. The molecule has 4 heteroatoms. The third-order valence-electron chi connectivity index (χ3n) is 2.66. The van der Waals surface area contributed by atoms with Crippen molar-refractivity contribution in [3.05, 3.63) is 29.8 Å². The summed E-state index contributed by atoms with van der Waals surface area (Å²) < 4.78 is 10.1. The van der Waals surface area contributed by atoms with Crippen LogP contribution in [0.1, 0.15) is 25.3 Å². The molecule has 18 heavy (non-hydrogen) atoms. The van der Waals surface area contributed by atoms with Gasteiger partial charge in [-0.05, 0) is 24.1 Å². The van der Waals surface area contributed by atoms with E-state index in [1.54, 1.807) is 0 Å². The molecule has 1 aromatic carbocycles. The Morgan fingerprint density at radius 3 is 2.56 bits per heavy atom. The highest BCUT2D eigenvalue weighted by Crippen LogP contribution is 2.13. The molecule has 0 fully saturated rings. The number of aryl methyl sites for hydroxylation is 1. The van der Waals surface area contributed by atoms with Crippen molar-refractivity contribution in [2.45, 2.75) is 32.2 Å². The largest absolute Gasteiger partial charge is 0.494 e. The Hall–Kier alpha value is -1.55. The van der Waals surface area contributed by atoms with Crippen molar-refractivity contribution >= 4 is 5.97 Å². The first-order valence-corrected chi connectivity index (χ1v) is 6.22. The van der Waals surface area contributed by atoms with Crippen LogP contribution >= 0.6 is 0 Å². The molecule has 0 radical (unpaired) electrons. The highest BCUT2D eigenvalue weighted by molar-refractivity contribution is 5.75. The van der Waals surface area contributed by atoms with Gasteiger partial charge in [0.2, 0.25) is 0 Å². The Balaban J connectivity index is 2.33. The van der Waals surface area contributed by atoms with Gasteiger partial charge in [0, 0.05) is 6.42 Å². The van der Waals surface area contributed by atoms with Crippen LogP contribution in [0.2, 0.25) is 0 Å². The zero-order valence-corrected chi connectivity index (χ0v) is 11.0. The lowest BCUT2D eigenvalue weighted by Crippen LogP contribution is -2.33. The van der Waals surface area contributed by atoms with E-state index in [2.05, 4.69) is 23.8 Å². The Morgan fingerprint density at radius 1 is 1.33 bits per heavy atom. The average Bonchev–Trinajstić information content (AvgIpc) is 2.40. The van der Waals surface area contributed by atoms with E-state index in [1.807, 2.05) is 12.1 Å². The molecule has 0 spiro atoms. The summed E-state index contributed by atoms with van der Waals surface area (Å²) in [6, 6.07) is 7.37. The Morgan fingerprint density at radius 2 is 2.00 bits per heavy atom. The Kier molecular flexibility index (Phi) is 6.22. The molecule has 0 saturated heterocycles. The van der Waals surface area contributed by atoms with E-state index in [1.165, 1.54) is 12.7 Å². The molecule has 0 aliphatic heterocycles. The topological polar surface area (TPSA) is 61.5 Å². The minimum absolute atomic E-state index is 0.406. The van der Waals surface area contributed by atoms with Crippen LogP contribution < -0.4 is 10.5 Å². The monoisotopic (exact) mass is 251 g/mol. The number of carbonyl (C=O) groups is 1. The standard InChI is InChI=1S/C14H21NO3/c1-3-4-11-5-7-12(8-6-11)18-10-9-13(15)14(16)17-2/h5-8,13H,3-4,9-10,15H2,1-2H3. The summed E-state index contributed by atoms with van der Waals surface area (Å²) in [5, 5.41) is 0. The predicted octanol–water partition coefficient (Wildman–Crippen LogP) is 1.91. The second kappa shape index (κ2) is 7.71. The zero-order valence-electron chi connectivity index (χ0n) is 11.0. The molecule has 2 N–H and O–H groups in total. The fourth-order valence-corrected chi connectivity index (χ4v) is 1.61. The van der Waals surface area contributed by atoms with Gasteiger partial charge < -0.3 is 15.2 Å². The third kappa shape index (κ3) is 4.75. The molecule has 0 aliphatic rings. The van der Waals surface area contributed by atoms with Crippen molar-refractivity contribution in [3.8, 4) is 5.75 Å². The van der Waals surface area contributed by atoms with Crippen molar-refractivity contribution in [2.75, 3.05) is 13.7 Å². The fraction of sp³-hybridized carbons (Fsp3) is 0.500. The van der Waals surface area contributed by atoms with Gasteiger partial charge in [0.1, 0.15) is 11.8 Å². The molecule has 1 aromatic rings. The first-order valence-electron chi connectivity index (χ1n) is 6.22. The molecule has 0 aliphatic carbocycles. The maximum Gasteiger partial charge on any atom is 0.322 e. The summed E-state index contributed by atoms with van der Waals surface area (Å²) >= 11 is 0. The number of hydrogen-bond acceptors (Lipinski definition) is 4. The molecule has 1 unspecified atom stereocenters. The normalized spacial score (nSPS) is 11.9. The zero-order chi connectivity index (χ0) is 13.4. The van der Waals surface area contributed by atoms with Gasteiger partial charge in [-0.2, -0.15) is 0 Å². The van der Waals surface area contributed by atoms with Crippen molar-refractivity contribution in [3.63, 3.8) is 0 Å². The molecule has 0 bridgehead atoms. The van der Waals surface area contributed by atoms with Crippen molar-refractivity contribution in [1.29, 1.82) is 0 Å². The van der Waals surface area contributed by atoms with Crippen LogP contribution in [0.15, 0.2) is 24.3 Å². The van der Waals surface area contributed by atoms with Crippen LogP contribution in [-0.4, -0.2) is 25.7 Å². The van der Waals surface area contributed by atoms with Gasteiger partial charge in [0.05, 0.1) is 13.7 Å².